The summed E-state index contributed by atoms with van der Waals surface area (Å²) in [6.07, 6.45) is 3.32. The molecule has 1 aromatic carbocycles. The number of ether oxygens (including phenoxy) is 1. The monoisotopic (exact) mass is 315 g/mol. The number of aromatic nitrogens is 2. The average Bonchev–Trinajstić information content (AvgIpc) is 2.94. The number of hydrogen-bond acceptors (Lipinski definition) is 3. The van der Waals surface area contributed by atoms with Gasteiger partial charge in [-0.05, 0) is 36.5 Å². The predicted molar refractivity (Wildman–Crippen MR) is 94.9 cm³/mol. The lowest BCUT2D eigenvalue weighted by atomic mass is 9.86. The molecule has 1 saturated heterocycles. The fourth-order valence-corrected chi connectivity index (χ4v) is 3.18. The SMILES string of the molecule is CC(CCn1cc2cc(C(C)(C)C)ccc2n1)N1CCOCC1. The molecule has 1 aliphatic rings. The summed E-state index contributed by atoms with van der Waals surface area (Å²) >= 11 is 0. The van der Waals surface area contributed by atoms with Crippen molar-refractivity contribution in [2.75, 3.05) is 26.3 Å². The minimum Gasteiger partial charge on any atom is -0.379 e. The zero-order valence-electron chi connectivity index (χ0n) is 14.9. The van der Waals surface area contributed by atoms with E-state index in [-0.39, 0.29) is 5.41 Å². The van der Waals surface area contributed by atoms with E-state index in [0.717, 1.165) is 44.8 Å². The van der Waals surface area contributed by atoms with E-state index in [1.54, 1.807) is 0 Å². The molecule has 2 aromatic rings. The molecular formula is C19H29N3O. The lowest BCUT2D eigenvalue weighted by Crippen LogP contribution is -2.42. The third-order valence-corrected chi connectivity index (χ3v) is 4.86. The lowest BCUT2D eigenvalue weighted by Gasteiger charge is -2.32. The van der Waals surface area contributed by atoms with Crippen LogP contribution in [-0.4, -0.2) is 47.0 Å². The Hall–Kier alpha value is -1.39. The second-order valence-electron chi connectivity index (χ2n) is 7.70. The first-order chi connectivity index (χ1) is 10.9. The number of fused-ring (bicyclic) bond motifs is 1. The Morgan fingerprint density at radius 1 is 1.22 bits per heavy atom. The van der Waals surface area contributed by atoms with E-state index in [4.69, 9.17) is 9.84 Å². The van der Waals surface area contributed by atoms with Gasteiger partial charge >= 0.3 is 0 Å². The summed E-state index contributed by atoms with van der Waals surface area (Å²) in [7, 11) is 0. The molecule has 0 aliphatic carbocycles. The van der Waals surface area contributed by atoms with Crippen LogP contribution in [0.4, 0.5) is 0 Å². The Morgan fingerprint density at radius 2 is 1.96 bits per heavy atom. The molecule has 0 spiro atoms. The molecule has 1 atom stereocenters. The van der Waals surface area contributed by atoms with Crippen LogP contribution < -0.4 is 0 Å². The molecular weight excluding hydrogens is 286 g/mol. The molecule has 4 heteroatoms. The van der Waals surface area contributed by atoms with Crippen LogP contribution in [0.5, 0.6) is 0 Å². The van der Waals surface area contributed by atoms with Crippen LogP contribution in [-0.2, 0) is 16.7 Å². The van der Waals surface area contributed by atoms with E-state index >= 15 is 0 Å². The molecule has 2 heterocycles. The normalized spacial score (nSPS) is 18.4. The summed E-state index contributed by atoms with van der Waals surface area (Å²) in [6.45, 7) is 13.9. The van der Waals surface area contributed by atoms with Crippen molar-refractivity contribution < 1.29 is 4.74 Å². The maximum absolute atomic E-state index is 5.43. The van der Waals surface area contributed by atoms with Crippen molar-refractivity contribution in [3.8, 4) is 0 Å². The molecule has 3 rings (SSSR count). The van der Waals surface area contributed by atoms with E-state index in [1.807, 2.05) is 0 Å². The molecule has 1 aromatic heterocycles. The van der Waals surface area contributed by atoms with Gasteiger partial charge in [0, 0.05) is 37.3 Å². The van der Waals surface area contributed by atoms with Gasteiger partial charge in [-0.2, -0.15) is 5.10 Å². The van der Waals surface area contributed by atoms with Crippen molar-refractivity contribution >= 4 is 10.9 Å². The summed E-state index contributed by atoms with van der Waals surface area (Å²) in [6, 6.07) is 7.22. The van der Waals surface area contributed by atoms with E-state index in [2.05, 4.69) is 61.7 Å². The topological polar surface area (TPSA) is 30.3 Å². The van der Waals surface area contributed by atoms with Crippen LogP contribution in [0.2, 0.25) is 0 Å². The third kappa shape index (κ3) is 3.93. The van der Waals surface area contributed by atoms with E-state index in [9.17, 15) is 0 Å². The largest absolute Gasteiger partial charge is 0.379 e. The van der Waals surface area contributed by atoms with Gasteiger partial charge in [0.2, 0.25) is 0 Å². The zero-order chi connectivity index (χ0) is 16.4. The van der Waals surface area contributed by atoms with Gasteiger partial charge in [0.25, 0.3) is 0 Å². The summed E-state index contributed by atoms with van der Waals surface area (Å²) in [5, 5.41) is 5.97. The van der Waals surface area contributed by atoms with Gasteiger partial charge < -0.3 is 4.74 Å². The van der Waals surface area contributed by atoms with E-state index < -0.39 is 0 Å². The highest BCUT2D eigenvalue weighted by Crippen LogP contribution is 2.25. The number of rotatable bonds is 4. The third-order valence-electron chi connectivity index (χ3n) is 4.86. The minimum atomic E-state index is 0.182. The van der Waals surface area contributed by atoms with Crippen LogP contribution in [0.1, 0.15) is 39.7 Å². The molecule has 0 bridgehead atoms. The highest BCUT2D eigenvalue weighted by molar-refractivity contribution is 5.79. The Balaban J connectivity index is 1.66. The van der Waals surface area contributed by atoms with Crippen LogP contribution in [0, 0.1) is 0 Å². The molecule has 23 heavy (non-hydrogen) atoms. The molecule has 126 valence electrons. The number of hydrogen-bond donors (Lipinski definition) is 0. The Bertz CT molecular complexity index is 650. The average molecular weight is 315 g/mol. The van der Waals surface area contributed by atoms with E-state index in [0.29, 0.717) is 6.04 Å². The first kappa shape index (κ1) is 16.5. The van der Waals surface area contributed by atoms with Gasteiger partial charge in [-0.3, -0.25) is 9.58 Å². The first-order valence-electron chi connectivity index (χ1n) is 8.73. The molecule has 0 saturated carbocycles. The Kier molecular flexibility index (Phi) is 4.74. The van der Waals surface area contributed by atoms with Crippen molar-refractivity contribution in [3.63, 3.8) is 0 Å². The Labute approximate surface area is 139 Å². The fraction of sp³-hybridized carbons (Fsp3) is 0.632. The molecule has 1 aliphatic heterocycles. The second-order valence-corrected chi connectivity index (χ2v) is 7.70. The molecule has 4 nitrogen and oxygen atoms in total. The highest BCUT2D eigenvalue weighted by atomic mass is 16.5. The molecule has 0 amide bonds. The molecule has 0 N–H and O–H groups in total. The first-order valence-corrected chi connectivity index (χ1v) is 8.73. The lowest BCUT2D eigenvalue weighted by molar-refractivity contribution is 0.0177. The number of benzene rings is 1. The summed E-state index contributed by atoms with van der Waals surface area (Å²) in [4.78, 5) is 2.52. The maximum atomic E-state index is 5.43. The van der Waals surface area contributed by atoms with Crippen molar-refractivity contribution in [1.29, 1.82) is 0 Å². The number of aryl methyl sites for hydroxylation is 1. The summed E-state index contributed by atoms with van der Waals surface area (Å²) in [5.74, 6) is 0. The Morgan fingerprint density at radius 3 is 2.65 bits per heavy atom. The van der Waals surface area contributed by atoms with Crippen molar-refractivity contribution in [1.82, 2.24) is 14.7 Å². The van der Waals surface area contributed by atoms with Gasteiger partial charge in [-0.1, -0.05) is 26.8 Å². The van der Waals surface area contributed by atoms with Crippen LogP contribution in [0.3, 0.4) is 0 Å². The predicted octanol–water partition coefficient (Wildman–Crippen LogP) is 3.44. The van der Waals surface area contributed by atoms with Gasteiger partial charge in [0.15, 0.2) is 0 Å². The molecule has 1 unspecified atom stereocenters. The van der Waals surface area contributed by atoms with Gasteiger partial charge in [0.05, 0.1) is 18.7 Å². The van der Waals surface area contributed by atoms with Crippen molar-refractivity contribution in [2.24, 2.45) is 0 Å². The molecule has 0 radical (unpaired) electrons. The van der Waals surface area contributed by atoms with Gasteiger partial charge in [0.1, 0.15) is 0 Å². The zero-order valence-corrected chi connectivity index (χ0v) is 14.9. The van der Waals surface area contributed by atoms with Crippen LogP contribution >= 0.6 is 0 Å². The summed E-state index contributed by atoms with van der Waals surface area (Å²) < 4.78 is 7.54. The summed E-state index contributed by atoms with van der Waals surface area (Å²) in [5.41, 5.74) is 2.64. The van der Waals surface area contributed by atoms with Crippen LogP contribution in [0.25, 0.3) is 10.9 Å². The maximum Gasteiger partial charge on any atom is 0.0923 e. The van der Waals surface area contributed by atoms with Crippen LogP contribution in [0.15, 0.2) is 24.4 Å². The fourth-order valence-electron chi connectivity index (χ4n) is 3.18. The number of morpholine rings is 1. The van der Waals surface area contributed by atoms with E-state index in [1.165, 1.54) is 10.9 Å². The van der Waals surface area contributed by atoms with Gasteiger partial charge in [-0.25, -0.2) is 0 Å². The second kappa shape index (κ2) is 6.62. The smallest absolute Gasteiger partial charge is 0.0923 e. The standard InChI is InChI=1S/C19H29N3O/c1-15(21-9-11-23-12-10-21)7-8-22-14-16-13-17(19(2,3)4)5-6-18(16)20-22/h5-6,13-15H,7-12H2,1-4H3. The highest BCUT2D eigenvalue weighted by Gasteiger charge is 2.17. The van der Waals surface area contributed by atoms with Crippen molar-refractivity contribution in [3.05, 3.63) is 30.0 Å². The van der Waals surface area contributed by atoms with Crippen molar-refractivity contribution in [2.45, 2.75) is 52.1 Å². The number of nitrogens with zero attached hydrogens (tertiary/aromatic N) is 3. The minimum absolute atomic E-state index is 0.182. The van der Waals surface area contributed by atoms with Gasteiger partial charge in [-0.15, -0.1) is 0 Å². The quantitative estimate of drug-likeness (QED) is 0.866. The molecule has 1 fully saturated rings.